The number of ether oxygens (including phenoxy) is 1. The van der Waals surface area contributed by atoms with Crippen LogP contribution in [0, 0.1) is 5.92 Å². The van der Waals surface area contributed by atoms with Crippen LogP contribution in [0.25, 0.3) is 0 Å². The second-order valence-electron chi connectivity index (χ2n) is 7.63. The van der Waals surface area contributed by atoms with Crippen LogP contribution in [0.5, 0.6) is 0 Å². The molecular formula is C20H28N4O3. The van der Waals surface area contributed by atoms with Crippen molar-refractivity contribution in [2.75, 3.05) is 45.9 Å². The van der Waals surface area contributed by atoms with Gasteiger partial charge in [-0.2, -0.15) is 0 Å². The molecule has 27 heavy (non-hydrogen) atoms. The number of hydrogen-bond acceptors (Lipinski definition) is 5. The highest BCUT2D eigenvalue weighted by Crippen LogP contribution is 2.23. The summed E-state index contributed by atoms with van der Waals surface area (Å²) in [6.45, 7) is 5.75. The highest BCUT2D eigenvalue weighted by molar-refractivity contribution is 5.84. The molecule has 0 radical (unpaired) electrons. The Labute approximate surface area is 160 Å². The quantitative estimate of drug-likeness (QED) is 0.781. The van der Waals surface area contributed by atoms with Crippen molar-refractivity contribution in [2.45, 2.75) is 31.8 Å². The van der Waals surface area contributed by atoms with Gasteiger partial charge in [-0.15, -0.1) is 0 Å². The van der Waals surface area contributed by atoms with E-state index in [-0.39, 0.29) is 23.8 Å². The van der Waals surface area contributed by atoms with Crippen LogP contribution in [0.1, 0.15) is 25.0 Å². The zero-order chi connectivity index (χ0) is 18.6. The maximum absolute atomic E-state index is 12.8. The minimum atomic E-state index is -0.0472. The highest BCUT2D eigenvalue weighted by atomic mass is 16.5. The maximum atomic E-state index is 12.8. The fourth-order valence-electron chi connectivity index (χ4n) is 4.36. The molecule has 4 rings (SSSR count). The van der Waals surface area contributed by atoms with E-state index in [1.54, 1.807) is 6.20 Å². The molecule has 1 aromatic heterocycles. The first-order valence-corrected chi connectivity index (χ1v) is 10.0. The van der Waals surface area contributed by atoms with Gasteiger partial charge in [0.2, 0.25) is 11.8 Å². The summed E-state index contributed by atoms with van der Waals surface area (Å²) in [5.74, 6) is 0.588. The number of pyridine rings is 1. The Morgan fingerprint density at radius 1 is 1.07 bits per heavy atom. The second-order valence-corrected chi connectivity index (χ2v) is 7.63. The van der Waals surface area contributed by atoms with Gasteiger partial charge in [-0.25, -0.2) is 0 Å². The van der Waals surface area contributed by atoms with Gasteiger partial charge in [-0.05, 0) is 31.4 Å². The normalized spacial score (nSPS) is 25.2. The zero-order valence-corrected chi connectivity index (χ0v) is 15.8. The van der Waals surface area contributed by atoms with Crippen LogP contribution in [0.2, 0.25) is 0 Å². The standard InChI is InChI=1S/C20H28N4O3/c25-19(16-5-13-27-14-6-16)23-11-9-22(10-12-23)18-4-8-24(20(18)26)15-17-3-1-2-7-21-17/h1-3,7,16,18H,4-6,8-15H2. The Morgan fingerprint density at radius 3 is 2.56 bits per heavy atom. The third kappa shape index (κ3) is 4.14. The number of carbonyl (C=O) groups excluding carboxylic acids is 2. The molecule has 3 aliphatic heterocycles. The summed E-state index contributed by atoms with van der Waals surface area (Å²) in [5, 5.41) is 0. The summed E-state index contributed by atoms with van der Waals surface area (Å²) in [4.78, 5) is 36.0. The molecule has 0 aliphatic carbocycles. The topological polar surface area (TPSA) is 66.0 Å². The molecule has 0 aromatic carbocycles. The average molecular weight is 372 g/mol. The van der Waals surface area contributed by atoms with Gasteiger partial charge >= 0.3 is 0 Å². The molecular weight excluding hydrogens is 344 g/mol. The van der Waals surface area contributed by atoms with Gasteiger partial charge in [0.1, 0.15) is 0 Å². The van der Waals surface area contributed by atoms with Crippen LogP contribution in [-0.4, -0.2) is 83.5 Å². The van der Waals surface area contributed by atoms with Gasteiger partial charge in [0.15, 0.2) is 0 Å². The fourth-order valence-corrected chi connectivity index (χ4v) is 4.36. The monoisotopic (exact) mass is 372 g/mol. The van der Waals surface area contributed by atoms with E-state index in [0.717, 1.165) is 57.7 Å². The summed E-state index contributed by atoms with van der Waals surface area (Å²) in [6.07, 6.45) is 4.30. The number of likely N-dealkylation sites (tertiary alicyclic amines) is 1. The van der Waals surface area contributed by atoms with E-state index in [1.807, 2.05) is 28.0 Å². The van der Waals surface area contributed by atoms with Crippen LogP contribution >= 0.6 is 0 Å². The Bertz CT molecular complexity index is 654. The molecule has 7 nitrogen and oxygen atoms in total. The zero-order valence-electron chi connectivity index (χ0n) is 15.8. The first-order chi connectivity index (χ1) is 13.2. The van der Waals surface area contributed by atoms with Crippen LogP contribution in [0.4, 0.5) is 0 Å². The molecule has 0 bridgehead atoms. The van der Waals surface area contributed by atoms with Gasteiger partial charge in [-0.1, -0.05) is 6.07 Å². The largest absolute Gasteiger partial charge is 0.381 e. The molecule has 0 N–H and O–H groups in total. The molecule has 0 spiro atoms. The van der Waals surface area contributed by atoms with Crippen molar-refractivity contribution in [1.82, 2.24) is 19.7 Å². The summed E-state index contributed by atoms with van der Waals surface area (Å²) in [7, 11) is 0. The lowest BCUT2D eigenvalue weighted by molar-refractivity contribution is -0.141. The molecule has 1 unspecified atom stereocenters. The average Bonchev–Trinajstić information content (AvgIpc) is 3.09. The summed E-state index contributed by atoms with van der Waals surface area (Å²) in [5.41, 5.74) is 0.929. The first kappa shape index (κ1) is 18.4. The lowest BCUT2D eigenvalue weighted by Gasteiger charge is -2.39. The minimum Gasteiger partial charge on any atom is -0.381 e. The Morgan fingerprint density at radius 2 is 1.85 bits per heavy atom. The van der Waals surface area contributed by atoms with Gasteiger partial charge in [0, 0.05) is 58.1 Å². The van der Waals surface area contributed by atoms with E-state index < -0.39 is 0 Å². The number of piperazine rings is 1. The molecule has 2 amide bonds. The molecule has 1 aromatic rings. The first-order valence-electron chi connectivity index (χ1n) is 10.0. The predicted octanol–water partition coefficient (Wildman–Crippen LogP) is 0.753. The molecule has 7 heteroatoms. The smallest absolute Gasteiger partial charge is 0.240 e. The fraction of sp³-hybridized carbons (Fsp3) is 0.650. The second kappa shape index (κ2) is 8.35. The molecule has 1 atom stereocenters. The number of carbonyl (C=O) groups is 2. The van der Waals surface area contributed by atoms with Crippen molar-refractivity contribution in [1.29, 1.82) is 0 Å². The van der Waals surface area contributed by atoms with Crippen LogP contribution in [0.3, 0.4) is 0 Å². The summed E-state index contributed by atoms with van der Waals surface area (Å²) >= 11 is 0. The molecule has 3 fully saturated rings. The van der Waals surface area contributed by atoms with Gasteiger partial charge in [0.05, 0.1) is 18.3 Å². The minimum absolute atomic E-state index is 0.0472. The number of rotatable bonds is 4. The van der Waals surface area contributed by atoms with Gasteiger partial charge < -0.3 is 14.5 Å². The van der Waals surface area contributed by atoms with E-state index >= 15 is 0 Å². The highest BCUT2D eigenvalue weighted by Gasteiger charge is 2.38. The van der Waals surface area contributed by atoms with E-state index in [9.17, 15) is 9.59 Å². The van der Waals surface area contributed by atoms with Crippen LogP contribution in [0.15, 0.2) is 24.4 Å². The maximum Gasteiger partial charge on any atom is 0.240 e. The van der Waals surface area contributed by atoms with Crippen LogP contribution in [-0.2, 0) is 20.9 Å². The van der Waals surface area contributed by atoms with E-state index in [4.69, 9.17) is 4.74 Å². The van der Waals surface area contributed by atoms with Crippen molar-refractivity contribution < 1.29 is 14.3 Å². The van der Waals surface area contributed by atoms with Gasteiger partial charge in [0.25, 0.3) is 0 Å². The Balaban J connectivity index is 1.28. The molecule has 3 aliphatic rings. The predicted molar refractivity (Wildman–Crippen MR) is 99.8 cm³/mol. The lowest BCUT2D eigenvalue weighted by atomic mass is 9.98. The molecule has 3 saturated heterocycles. The van der Waals surface area contributed by atoms with Crippen molar-refractivity contribution in [3.63, 3.8) is 0 Å². The number of amides is 2. The Kier molecular flexibility index (Phi) is 5.69. The van der Waals surface area contributed by atoms with Crippen molar-refractivity contribution in [3.05, 3.63) is 30.1 Å². The summed E-state index contributed by atoms with van der Waals surface area (Å²) < 4.78 is 5.36. The molecule has 0 saturated carbocycles. The third-order valence-electron chi connectivity index (χ3n) is 5.99. The number of aromatic nitrogens is 1. The summed E-state index contributed by atoms with van der Waals surface area (Å²) in [6, 6.07) is 5.75. The van der Waals surface area contributed by atoms with E-state index in [0.29, 0.717) is 19.8 Å². The Hall–Kier alpha value is -1.99. The SMILES string of the molecule is O=C(C1CCOCC1)N1CCN(C2CCN(Cc3ccccn3)C2=O)CC1. The van der Waals surface area contributed by atoms with E-state index in [2.05, 4.69) is 9.88 Å². The van der Waals surface area contributed by atoms with Crippen LogP contribution < -0.4 is 0 Å². The van der Waals surface area contributed by atoms with Crippen molar-refractivity contribution >= 4 is 11.8 Å². The number of hydrogen-bond donors (Lipinski definition) is 0. The van der Waals surface area contributed by atoms with E-state index in [1.165, 1.54) is 0 Å². The lowest BCUT2D eigenvalue weighted by Crippen LogP contribution is -2.55. The van der Waals surface area contributed by atoms with Crippen molar-refractivity contribution in [3.8, 4) is 0 Å². The number of nitrogens with zero attached hydrogens (tertiary/aromatic N) is 4. The third-order valence-corrected chi connectivity index (χ3v) is 5.99. The van der Waals surface area contributed by atoms with Crippen molar-refractivity contribution in [2.24, 2.45) is 5.92 Å². The molecule has 4 heterocycles. The van der Waals surface area contributed by atoms with Gasteiger partial charge in [-0.3, -0.25) is 19.5 Å². The molecule has 146 valence electrons.